The molecule has 1 aliphatic carbocycles. The lowest BCUT2D eigenvalue weighted by Gasteiger charge is -2.10. The topological polar surface area (TPSA) is 50.9 Å². The number of nitrogens with one attached hydrogen (secondary N) is 1. The molecular weight excluding hydrogens is 174 g/mol. The van der Waals surface area contributed by atoms with Gasteiger partial charge in [0.05, 0.1) is 0 Å². The minimum Gasteiger partial charge on any atom is -0.367 e. The molecule has 2 rings (SSSR count). The van der Waals surface area contributed by atoms with Gasteiger partial charge < -0.3 is 11.1 Å². The van der Waals surface area contributed by atoms with Gasteiger partial charge in [-0.05, 0) is 17.9 Å². The smallest absolute Gasteiger partial charge is 0.130 e. The van der Waals surface area contributed by atoms with Crippen LogP contribution in [0.25, 0.3) is 0 Å². The quantitative estimate of drug-likeness (QED) is 0.765. The van der Waals surface area contributed by atoms with Crippen LogP contribution in [0.3, 0.4) is 0 Å². The molecule has 1 aromatic heterocycles. The fraction of sp³-hybridized carbons (Fsp3) is 0.545. The normalized spacial score (nSPS) is 23.2. The summed E-state index contributed by atoms with van der Waals surface area (Å²) < 4.78 is 0. The molecule has 1 heterocycles. The fourth-order valence-electron chi connectivity index (χ4n) is 1.61. The number of aromatic nitrogens is 1. The lowest BCUT2D eigenvalue weighted by atomic mass is 10.2. The van der Waals surface area contributed by atoms with Crippen LogP contribution < -0.4 is 11.1 Å². The predicted molar refractivity (Wildman–Crippen MR) is 57.9 cm³/mol. The summed E-state index contributed by atoms with van der Waals surface area (Å²) in [5.41, 5.74) is 7.15. The zero-order valence-electron chi connectivity index (χ0n) is 8.75. The lowest BCUT2D eigenvalue weighted by Crippen LogP contribution is -2.12. The second-order valence-corrected chi connectivity index (χ2v) is 4.60. The van der Waals surface area contributed by atoms with Crippen molar-refractivity contribution in [2.75, 3.05) is 5.32 Å². The van der Waals surface area contributed by atoms with Gasteiger partial charge in [-0.2, -0.15) is 0 Å². The largest absolute Gasteiger partial charge is 0.367 e. The van der Waals surface area contributed by atoms with Crippen molar-refractivity contribution in [1.29, 1.82) is 0 Å². The molecule has 0 aromatic carbocycles. The first-order chi connectivity index (χ1) is 6.63. The highest BCUT2D eigenvalue weighted by molar-refractivity contribution is 5.46. The van der Waals surface area contributed by atoms with Crippen molar-refractivity contribution >= 4 is 5.82 Å². The van der Waals surface area contributed by atoms with Crippen molar-refractivity contribution in [3.8, 4) is 0 Å². The molecule has 0 saturated heterocycles. The average Bonchev–Trinajstić information content (AvgIpc) is 2.75. The first-order valence-electron chi connectivity index (χ1n) is 5.04. The van der Waals surface area contributed by atoms with Crippen molar-refractivity contribution in [3.63, 3.8) is 0 Å². The van der Waals surface area contributed by atoms with Gasteiger partial charge in [0.25, 0.3) is 0 Å². The van der Waals surface area contributed by atoms with E-state index < -0.39 is 0 Å². The zero-order valence-corrected chi connectivity index (χ0v) is 8.75. The number of rotatable bonds is 3. The first-order valence-corrected chi connectivity index (χ1v) is 5.04. The molecule has 14 heavy (non-hydrogen) atoms. The van der Waals surface area contributed by atoms with Crippen molar-refractivity contribution in [1.82, 2.24) is 4.98 Å². The van der Waals surface area contributed by atoms with E-state index in [2.05, 4.69) is 24.1 Å². The molecule has 76 valence electrons. The van der Waals surface area contributed by atoms with E-state index in [0.29, 0.717) is 18.0 Å². The maximum atomic E-state index is 5.63. The SMILES string of the molecule is CC1(C)CC1Nc1ncccc1CN. The Balaban J connectivity index is 2.10. The van der Waals surface area contributed by atoms with E-state index in [-0.39, 0.29) is 0 Å². The summed E-state index contributed by atoms with van der Waals surface area (Å²) in [5, 5.41) is 3.43. The van der Waals surface area contributed by atoms with Gasteiger partial charge in [0.2, 0.25) is 0 Å². The molecule has 1 aromatic rings. The van der Waals surface area contributed by atoms with Gasteiger partial charge in [-0.3, -0.25) is 0 Å². The van der Waals surface area contributed by atoms with Crippen LogP contribution >= 0.6 is 0 Å². The molecule has 1 saturated carbocycles. The summed E-state index contributed by atoms with van der Waals surface area (Å²) in [5.74, 6) is 0.950. The monoisotopic (exact) mass is 191 g/mol. The molecule has 1 fully saturated rings. The maximum absolute atomic E-state index is 5.63. The van der Waals surface area contributed by atoms with Crippen LogP contribution in [0, 0.1) is 5.41 Å². The van der Waals surface area contributed by atoms with E-state index in [0.717, 1.165) is 11.4 Å². The van der Waals surface area contributed by atoms with Crippen LogP contribution in [0.1, 0.15) is 25.8 Å². The van der Waals surface area contributed by atoms with Gasteiger partial charge in [-0.1, -0.05) is 19.9 Å². The zero-order chi connectivity index (χ0) is 10.2. The van der Waals surface area contributed by atoms with E-state index >= 15 is 0 Å². The number of anilines is 1. The number of pyridine rings is 1. The third-order valence-electron chi connectivity index (χ3n) is 2.94. The summed E-state index contributed by atoms with van der Waals surface area (Å²) in [6, 6.07) is 4.50. The number of hydrogen-bond donors (Lipinski definition) is 2. The van der Waals surface area contributed by atoms with Gasteiger partial charge in [0.1, 0.15) is 5.82 Å². The summed E-state index contributed by atoms with van der Waals surface area (Å²) in [6.45, 7) is 5.06. The molecule has 0 bridgehead atoms. The molecule has 3 N–H and O–H groups in total. The first kappa shape index (κ1) is 9.46. The van der Waals surface area contributed by atoms with E-state index in [9.17, 15) is 0 Å². The fourth-order valence-corrected chi connectivity index (χ4v) is 1.61. The van der Waals surface area contributed by atoms with Crippen molar-refractivity contribution < 1.29 is 0 Å². The Morgan fingerprint density at radius 1 is 1.64 bits per heavy atom. The predicted octanol–water partition coefficient (Wildman–Crippen LogP) is 1.75. The Hall–Kier alpha value is -1.09. The third kappa shape index (κ3) is 1.73. The van der Waals surface area contributed by atoms with Gasteiger partial charge in [0.15, 0.2) is 0 Å². The van der Waals surface area contributed by atoms with Crippen LogP contribution in [-0.2, 0) is 6.54 Å². The van der Waals surface area contributed by atoms with Gasteiger partial charge >= 0.3 is 0 Å². The standard InChI is InChI=1S/C11H17N3/c1-11(2)6-9(11)14-10-8(7-12)4-3-5-13-10/h3-5,9H,6-7,12H2,1-2H3,(H,13,14). The molecular formula is C11H17N3. The molecule has 1 aliphatic rings. The molecule has 0 aliphatic heterocycles. The molecule has 1 atom stereocenters. The van der Waals surface area contributed by atoms with Crippen molar-refractivity contribution in [2.45, 2.75) is 32.9 Å². The minimum absolute atomic E-state index is 0.420. The van der Waals surface area contributed by atoms with Crippen LogP contribution in [0.2, 0.25) is 0 Å². The second kappa shape index (κ2) is 3.24. The highest BCUT2D eigenvalue weighted by Crippen LogP contribution is 2.46. The van der Waals surface area contributed by atoms with E-state index in [4.69, 9.17) is 5.73 Å². The van der Waals surface area contributed by atoms with E-state index in [1.807, 2.05) is 12.1 Å². The van der Waals surface area contributed by atoms with Crippen LogP contribution in [0.4, 0.5) is 5.82 Å². The minimum atomic E-state index is 0.420. The summed E-state index contributed by atoms with van der Waals surface area (Å²) in [7, 11) is 0. The van der Waals surface area contributed by atoms with Crippen molar-refractivity contribution in [3.05, 3.63) is 23.9 Å². The van der Waals surface area contributed by atoms with E-state index in [1.54, 1.807) is 6.20 Å². The Bertz CT molecular complexity index is 333. The number of nitrogens with two attached hydrogens (primary N) is 1. The highest BCUT2D eigenvalue weighted by Gasteiger charge is 2.45. The second-order valence-electron chi connectivity index (χ2n) is 4.60. The lowest BCUT2D eigenvalue weighted by molar-refractivity contribution is 0.629. The van der Waals surface area contributed by atoms with Gasteiger partial charge in [0, 0.05) is 24.3 Å². The van der Waals surface area contributed by atoms with Crippen LogP contribution in [0.15, 0.2) is 18.3 Å². The molecule has 0 spiro atoms. The molecule has 3 heteroatoms. The van der Waals surface area contributed by atoms with Crippen LogP contribution in [-0.4, -0.2) is 11.0 Å². The van der Waals surface area contributed by atoms with Crippen LogP contribution in [0.5, 0.6) is 0 Å². The number of nitrogens with zero attached hydrogens (tertiary/aromatic N) is 1. The maximum Gasteiger partial charge on any atom is 0.130 e. The Morgan fingerprint density at radius 3 is 2.93 bits per heavy atom. The summed E-state index contributed by atoms with van der Waals surface area (Å²) in [4.78, 5) is 4.30. The summed E-state index contributed by atoms with van der Waals surface area (Å²) >= 11 is 0. The molecule has 1 unspecified atom stereocenters. The van der Waals surface area contributed by atoms with Gasteiger partial charge in [-0.15, -0.1) is 0 Å². The highest BCUT2D eigenvalue weighted by atomic mass is 15.1. The Labute approximate surface area is 84.7 Å². The summed E-state index contributed by atoms with van der Waals surface area (Å²) in [6.07, 6.45) is 3.02. The Kier molecular flexibility index (Phi) is 2.19. The third-order valence-corrected chi connectivity index (χ3v) is 2.94. The number of hydrogen-bond acceptors (Lipinski definition) is 3. The molecule has 0 radical (unpaired) electrons. The van der Waals surface area contributed by atoms with Gasteiger partial charge in [-0.25, -0.2) is 4.98 Å². The van der Waals surface area contributed by atoms with E-state index in [1.165, 1.54) is 6.42 Å². The van der Waals surface area contributed by atoms with Crippen molar-refractivity contribution in [2.24, 2.45) is 11.1 Å². The Morgan fingerprint density at radius 2 is 2.36 bits per heavy atom. The molecule has 0 amide bonds. The average molecular weight is 191 g/mol. The molecule has 3 nitrogen and oxygen atoms in total.